The zero-order valence-electron chi connectivity index (χ0n) is 9.96. The molecule has 0 saturated heterocycles. The number of amides is 1. The van der Waals surface area contributed by atoms with Crippen LogP contribution in [0, 0.1) is 0 Å². The molecule has 6 heteroatoms. The maximum absolute atomic E-state index is 11.9. The monoisotopic (exact) mass is 263 g/mol. The highest BCUT2D eigenvalue weighted by atomic mass is 16.3. The number of para-hydroxylation sites is 1. The lowest BCUT2D eigenvalue weighted by molar-refractivity contribution is -0.119. The van der Waals surface area contributed by atoms with E-state index in [1.807, 2.05) is 0 Å². The average Bonchev–Trinajstić information content (AvgIpc) is 2.39. The van der Waals surface area contributed by atoms with Gasteiger partial charge in [-0.2, -0.15) is 0 Å². The lowest BCUT2D eigenvalue weighted by Gasteiger charge is -2.21. The van der Waals surface area contributed by atoms with Crippen LogP contribution in [-0.4, -0.2) is 33.1 Å². The normalized spacial score (nSPS) is 19.4. The van der Waals surface area contributed by atoms with E-state index in [1.54, 1.807) is 12.1 Å². The van der Waals surface area contributed by atoms with E-state index in [0.717, 1.165) is 0 Å². The molecule has 1 unspecified atom stereocenters. The van der Waals surface area contributed by atoms with E-state index >= 15 is 0 Å². The van der Waals surface area contributed by atoms with Crippen molar-refractivity contribution in [2.75, 3.05) is 0 Å². The molecule has 1 aromatic rings. The minimum Gasteiger partial charge on any atom is -0.507 e. The summed E-state index contributed by atoms with van der Waals surface area (Å²) in [5.41, 5.74) is -0.225. The molecule has 0 spiro atoms. The van der Waals surface area contributed by atoms with E-state index in [0.29, 0.717) is 0 Å². The third-order valence-electron chi connectivity index (χ3n) is 2.89. The number of Topliss-reactive ketones (excluding diaryl/α,β-unsaturated/α-hetero) is 1. The van der Waals surface area contributed by atoms with Crippen molar-refractivity contribution in [2.45, 2.75) is 18.9 Å². The lowest BCUT2D eigenvalue weighted by atomic mass is 9.98. The molecule has 4 N–H and O–H groups in total. The van der Waals surface area contributed by atoms with Gasteiger partial charge >= 0.3 is 0 Å². The van der Waals surface area contributed by atoms with Gasteiger partial charge in [0.2, 0.25) is 0 Å². The van der Waals surface area contributed by atoms with Gasteiger partial charge in [0.25, 0.3) is 5.91 Å². The molecule has 6 nitrogen and oxygen atoms in total. The summed E-state index contributed by atoms with van der Waals surface area (Å²) < 4.78 is 0. The number of phenols is 1. The summed E-state index contributed by atoms with van der Waals surface area (Å²) >= 11 is 0. The van der Waals surface area contributed by atoms with Crippen LogP contribution in [0.25, 0.3) is 0 Å². The molecule has 0 aromatic heterocycles. The van der Waals surface area contributed by atoms with Crippen molar-refractivity contribution in [1.29, 1.82) is 0 Å². The minimum atomic E-state index is -1.10. The van der Waals surface area contributed by atoms with Crippen molar-refractivity contribution in [3.05, 3.63) is 41.3 Å². The van der Waals surface area contributed by atoms with Crippen molar-refractivity contribution in [3.8, 4) is 5.75 Å². The smallest absolute Gasteiger partial charge is 0.259 e. The predicted molar refractivity (Wildman–Crippen MR) is 65.5 cm³/mol. The third-order valence-corrected chi connectivity index (χ3v) is 2.89. The van der Waals surface area contributed by atoms with Crippen molar-refractivity contribution in [2.24, 2.45) is 0 Å². The van der Waals surface area contributed by atoms with Crippen LogP contribution < -0.4 is 5.32 Å². The van der Waals surface area contributed by atoms with Crippen molar-refractivity contribution >= 4 is 11.7 Å². The van der Waals surface area contributed by atoms with Crippen LogP contribution in [-0.2, 0) is 4.79 Å². The molecule has 19 heavy (non-hydrogen) atoms. The van der Waals surface area contributed by atoms with Crippen LogP contribution in [0.2, 0.25) is 0 Å². The fraction of sp³-hybridized carbons (Fsp3) is 0.231. The largest absolute Gasteiger partial charge is 0.507 e. The van der Waals surface area contributed by atoms with Crippen LogP contribution >= 0.6 is 0 Å². The molecule has 100 valence electrons. The number of ketones is 1. The molecular formula is C13H13NO5. The number of allylic oxidation sites excluding steroid dienone is 1. The van der Waals surface area contributed by atoms with Gasteiger partial charge in [-0.1, -0.05) is 12.1 Å². The molecular weight excluding hydrogens is 250 g/mol. The molecule has 0 fully saturated rings. The quantitative estimate of drug-likeness (QED) is 0.625. The topological polar surface area (TPSA) is 107 Å². The number of phenolic OH excluding ortho intramolecular Hbond substituents is 1. The minimum absolute atomic E-state index is 0.00646. The maximum Gasteiger partial charge on any atom is 0.259 e. The number of carbonyl (C=O) groups is 2. The molecule has 0 heterocycles. The average molecular weight is 263 g/mol. The van der Waals surface area contributed by atoms with Gasteiger partial charge in [0.1, 0.15) is 5.75 Å². The zero-order valence-corrected chi connectivity index (χ0v) is 9.96. The first kappa shape index (κ1) is 13.1. The Morgan fingerprint density at radius 2 is 1.95 bits per heavy atom. The number of aliphatic hydroxyl groups excluding tert-OH is 2. The Labute approximate surface area is 109 Å². The Kier molecular flexibility index (Phi) is 3.52. The van der Waals surface area contributed by atoms with Crippen LogP contribution in [0.1, 0.15) is 23.2 Å². The molecule has 0 aliphatic heterocycles. The number of hydrogen-bond acceptors (Lipinski definition) is 5. The number of aromatic hydroxyl groups is 1. The highest BCUT2D eigenvalue weighted by Crippen LogP contribution is 2.21. The van der Waals surface area contributed by atoms with Gasteiger partial charge in [0.05, 0.1) is 17.4 Å². The van der Waals surface area contributed by atoms with Crippen molar-refractivity contribution in [1.82, 2.24) is 5.32 Å². The van der Waals surface area contributed by atoms with E-state index in [4.69, 9.17) is 0 Å². The van der Waals surface area contributed by atoms with Crippen LogP contribution in [0.5, 0.6) is 5.75 Å². The van der Waals surface area contributed by atoms with Gasteiger partial charge < -0.3 is 20.6 Å². The molecule has 0 radical (unpaired) electrons. The second-order valence-corrected chi connectivity index (χ2v) is 4.21. The van der Waals surface area contributed by atoms with Gasteiger partial charge in [0.15, 0.2) is 11.5 Å². The molecule has 2 rings (SSSR count). The van der Waals surface area contributed by atoms with Crippen LogP contribution in [0.4, 0.5) is 0 Å². The Balaban J connectivity index is 2.26. The summed E-state index contributed by atoms with van der Waals surface area (Å²) in [4.78, 5) is 23.2. The first-order valence-electron chi connectivity index (χ1n) is 5.74. The number of aliphatic hydroxyl groups is 2. The molecule has 1 aliphatic carbocycles. The van der Waals surface area contributed by atoms with Gasteiger partial charge in [-0.3, -0.25) is 9.59 Å². The SMILES string of the molecule is O=C1CCC(O)C(NC(=O)c2ccccc2O)=C1O. The predicted octanol–water partition coefficient (Wildman–Crippen LogP) is 0.615. The maximum atomic E-state index is 11.9. The number of carbonyl (C=O) groups excluding carboxylic acids is 2. The number of rotatable bonds is 2. The number of benzene rings is 1. The van der Waals surface area contributed by atoms with Crippen LogP contribution in [0.15, 0.2) is 35.7 Å². The summed E-state index contributed by atoms with van der Waals surface area (Å²) in [6, 6.07) is 5.85. The highest BCUT2D eigenvalue weighted by Gasteiger charge is 2.28. The second kappa shape index (κ2) is 5.11. The highest BCUT2D eigenvalue weighted by molar-refractivity contribution is 6.00. The first-order chi connectivity index (χ1) is 9.00. The summed E-state index contributed by atoms with van der Waals surface area (Å²) in [7, 11) is 0. The van der Waals surface area contributed by atoms with E-state index in [9.17, 15) is 24.9 Å². The van der Waals surface area contributed by atoms with Gasteiger partial charge in [-0.05, 0) is 18.6 Å². The van der Waals surface area contributed by atoms with E-state index in [2.05, 4.69) is 5.32 Å². The van der Waals surface area contributed by atoms with Crippen LogP contribution in [0.3, 0.4) is 0 Å². The standard InChI is InChI=1S/C13H13NO5/c15-8-4-2-1-3-7(8)13(19)14-11-9(16)5-6-10(17)12(11)18/h1-4,9,15-16,18H,5-6H2,(H,14,19). The fourth-order valence-electron chi connectivity index (χ4n) is 1.84. The number of nitrogens with one attached hydrogen (secondary N) is 1. The number of hydrogen-bond donors (Lipinski definition) is 4. The summed E-state index contributed by atoms with van der Waals surface area (Å²) in [6.45, 7) is 0. The molecule has 1 amide bonds. The Bertz CT molecular complexity index is 564. The molecule has 1 aromatic carbocycles. The fourth-order valence-corrected chi connectivity index (χ4v) is 1.84. The lowest BCUT2D eigenvalue weighted by Crippen LogP contribution is -2.35. The van der Waals surface area contributed by atoms with E-state index in [1.165, 1.54) is 12.1 Å². The summed E-state index contributed by atoms with van der Waals surface area (Å²) in [6.07, 6.45) is -0.935. The Morgan fingerprint density at radius 1 is 1.26 bits per heavy atom. The Morgan fingerprint density at radius 3 is 2.63 bits per heavy atom. The van der Waals surface area contributed by atoms with Crippen molar-refractivity contribution in [3.63, 3.8) is 0 Å². The third kappa shape index (κ3) is 2.58. The zero-order chi connectivity index (χ0) is 14.0. The molecule has 0 saturated carbocycles. The Hall–Kier alpha value is -2.34. The van der Waals surface area contributed by atoms with Gasteiger partial charge in [-0.25, -0.2) is 0 Å². The van der Waals surface area contributed by atoms with E-state index < -0.39 is 23.6 Å². The van der Waals surface area contributed by atoms with Gasteiger partial charge in [0, 0.05) is 6.42 Å². The molecule has 1 aliphatic rings. The van der Waals surface area contributed by atoms with Gasteiger partial charge in [-0.15, -0.1) is 0 Å². The van der Waals surface area contributed by atoms with Crippen molar-refractivity contribution < 1.29 is 24.9 Å². The van der Waals surface area contributed by atoms with E-state index in [-0.39, 0.29) is 29.9 Å². The first-order valence-corrected chi connectivity index (χ1v) is 5.74. The summed E-state index contributed by atoms with van der Waals surface area (Å²) in [5, 5.41) is 31.0. The second-order valence-electron chi connectivity index (χ2n) is 4.21. The summed E-state index contributed by atoms with van der Waals surface area (Å²) in [5.74, 6) is -2.09. The molecule has 0 bridgehead atoms. The molecule has 1 atom stereocenters.